The molecule has 0 aromatic heterocycles. The third kappa shape index (κ3) is 2.25. The average molecular weight is 333 g/mol. The number of aliphatic hydroxyl groups excluding tert-OH is 1. The van der Waals surface area contributed by atoms with E-state index in [1.54, 1.807) is 6.07 Å². The van der Waals surface area contributed by atoms with E-state index >= 15 is 0 Å². The average Bonchev–Trinajstić information content (AvgIpc) is 2.49. The van der Waals surface area contributed by atoms with E-state index in [9.17, 15) is 20.1 Å². The van der Waals surface area contributed by atoms with Gasteiger partial charge in [-0.05, 0) is 56.6 Å². The van der Waals surface area contributed by atoms with Gasteiger partial charge in [-0.1, -0.05) is 19.4 Å². The lowest BCUT2D eigenvalue weighted by molar-refractivity contribution is -0.154. The summed E-state index contributed by atoms with van der Waals surface area (Å²) in [5.41, 5.74) is 5.14. The highest BCUT2D eigenvalue weighted by atomic mass is 16.3. The van der Waals surface area contributed by atoms with Crippen LogP contribution in [-0.4, -0.2) is 32.9 Å². The molecule has 2 saturated carbocycles. The van der Waals surface area contributed by atoms with Crippen molar-refractivity contribution in [3.8, 4) is 5.75 Å². The molecule has 0 heterocycles. The number of phenols is 1. The van der Waals surface area contributed by atoms with E-state index in [2.05, 4.69) is 0 Å². The first-order chi connectivity index (χ1) is 11.2. The third-order valence-electron chi connectivity index (χ3n) is 6.46. The monoisotopic (exact) mass is 333 g/mol. The van der Waals surface area contributed by atoms with Gasteiger partial charge < -0.3 is 21.1 Å². The Morgan fingerprint density at radius 2 is 2.00 bits per heavy atom. The summed E-state index contributed by atoms with van der Waals surface area (Å²) < 4.78 is 0. The number of aromatic hydroxyl groups is 1. The molecule has 5 N–H and O–H groups in total. The molecule has 5 nitrogen and oxygen atoms in total. The molecule has 5 heteroatoms. The lowest BCUT2D eigenvalue weighted by Gasteiger charge is -2.58. The van der Waals surface area contributed by atoms with Gasteiger partial charge >= 0.3 is 0 Å². The van der Waals surface area contributed by atoms with Crippen molar-refractivity contribution in [3.05, 3.63) is 28.8 Å². The summed E-state index contributed by atoms with van der Waals surface area (Å²) in [6.45, 7) is 3.91. The Labute approximate surface area is 142 Å². The van der Waals surface area contributed by atoms with Crippen LogP contribution >= 0.6 is 0 Å². The van der Waals surface area contributed by atoms with Crippen LogP contribution in [0, 0.1) is 12.8 Å². The van der Waals surface area contributed by atoms with E-state index in [0.29, 0.717) is 31.2 Å². The van der Waals surface area contributed by atoms with Gasteiger partial charge in [0.15, 0.2) is 0 Å². The maximum atomic E-state index is 11.7. The number of hydrogen-bond acceptors (Lipinski definition) is 4. The quantitative estimate of drug-likeness (QED) is 0.665. The van der Waals surface area contributed by atoms with Crippen molar-refractivity contribution < 1.29 is 20.1 Å². The Morgan fingerprint density at radius 1 is 1.29 bits per heavy atom. The Balaban J connectivity index is 2.27. The number of hydrogen-bond donors (Lipinski definition) is 4. The number of primary amides is 1. The second-order valence-electron chi connectivity index (χ2n) is 7.71. The summed E-state index contributed by atoms with van der Waals surface area (Å²) in [4.78, 5) is 11.7. The van der Waals surface area contributed by atoms with Crippen molar-refractivity contribution in [3.63, 3.8) is 0 Å². The van der Waals surface area contributed by atoms with Crippen molar-refractivity contribution in [1.29, 1.82) is 0 Å². The Bertz CT molecular complexity index is 674. The molecular weight excluding hydrogens is 306 g/mol. The minimum Gasteiger partial charge on any atom is -0.507 e. The van der Waals surface area contributed by atoms with Gasteiger partial charge in [0, 0.05) is 11.0 Å². The number of nitrogens with two attached hydrogens (primary N) is 1. The van der Waals surface area contributed by atoms with Crippen LogP contribution in [0.1, 0.15) is 66.9 Å². The minimum absolute atomic E-state index is 0.0646. The topological polar surface area (TPSA) is 104 Å². The summed E-state index contributed by atoms with van der Waals surface area (Å²) in [6.07, 6.45) is 3.44. The zero-order valence-electron chi connectivity index (χ0n) is 14.4. The summed E-state index contributed by atoms with van der Waals surface area (Å²) in [5.74, 6) is -0.757. The Morgan fingerprint density at radius 3 is 2.67 bits per heavy atom. The van der Waals surface area contributed by atoms with Crippen LogP contribution in [0.15, 0.2) is 12.1 Å². The molecular formula is C19H27NO4. The van der Waals surface area contributed by atoms with Gasteiger partial charge in [-0.15, -0.1) is 0 Å². The zero-order chi connectivity index (χ0) is 17.7. The van der Waals surface area contributed by atoms with Crippen molar-refractivity contribution in [2.75, 3.05) is 0 Å². The third-order valence-corrected chi connectivity index (χ3v) is 6.46. The molecule has 0 radical (unpaired) electrons. The number of fused-ring (bicyclic) bond motifs is 1. The van der Waals surface area contributed by atoms with E-state index in [1.807, 2.05) is 13.8 Å². The van der Waals surface area contributed by atoms with E-state index in [4.69, 9.17) is 5.73 Å². The van der Waals surface area contributed by atoms with E-state index in [1.165, 1.54) is 6.07 Å². The number of carbonyl (C=O) groups excluding carboxylic acids is 1. The first-order valence-corrected chi connectivity index (χ1v) is 8.76. The number of aryl methyl sites for hydroxylation is 1. The Kier molecular flexibility index (Phi) is 4.12. The highest BCUT2D eigenvalue weighted by molar-refractivity contribution is 5.96. The molecule has 3 rings (SSSR count). The summed E-state index contributed by atoms with van der Waals surface area (Å²) in [5, 5.41) is 32.8. The number of benzene rings is 1. The van der Waals surface area contributed by atoms with E-state index in [-0.39, 0.29) is 17.2 Å². The highest BCUT2D eigenvalue weighted by Gasteiger charge is 2.60. The molecule has 2 aliphatic rings. The zero-order valence-corrected chi connectivity index (χ0v) is 14.4. The first-order valence-electron chi connectivity index (χ1n) is 8.76. The van der Waals surface area contributed by atoms with Crippen LogP contribution < -0.4 is 5.73 Å². The predicted molar refractivity (Wildman–Crippen MR) is 90.9 cm³/mol. The van der Waals surface area contributed by atoms with Gasteiger partial charge in [0.1, 0.15) is 5.75 Å². The van der Waals surface area contributed by atoms with Gasteiger partial charge in [-0.3, -0.25) is 4.79 Å². The van der Waals surface area contributed by atoms with Crippen LogP contribution in [0.25, 0.3) is 0 Å². The lowest BCUT2D eigenvalue weighted by Crippen LogP contribution is -2.62. The maximum absolute atomic E-state index is 11.7. The van der Waals surface area contributed by atoms with E-state index < -0.39 is 23.0 Å². The van der Waals surface area contributed by atoms with Gasteiger partial charge in [0.2, 0.25) is 0 Å². The summed E-state index contributed by atoms with van der Waals surface area (Å²) in [7, 11) is 0. The number of amides is 1. The summed E-state index contributed by atoms with van der Waals surface area (Å²) >= 11 is 0. The van der Waals surface area contributed by atoms with Crippen LogP contribution in [-0.2, 0) is 5.41 Å². The molecule has 0 spiro atoms. The molecule has 0 unspecified atom stereocenters. The van der Waals surface area contributed by atoms with Crippen molar-refractivity contribution >= 4 is 5.91 Å². The molecule has 132 valence electrons. The Hall–Kier alpha value is -1.59. The van der Waals surface area contributed by atoms with Gasteiger partial charge in [-0.2, -0.15) is 0 Å². The molecule has 2 fully saturated rings. The fourth-order valence-electron chi connectivity index (χ4n) is 5.23. The van der Waals surface area contributed by atoms with Crippen LogP contribution in [0.3, 0.4) is 0 Å². The number of carbonyl (C=O) groups is 1. The first kappa shape index (κ1) is 17.2. The van der Waals surface area contributed by atoms with Crippen molar-refractivity contribution in [2.45, 2.75) is 69.5 Å². The SMILES string of the molecule is Cc1ccc(C(N)=O)c(O)c1[C@]12CCC[C@H](C)[C@]1(O)CC[C@@H](O)C2. The molecule has 0 aliphatic heterocycles. The number of aliphatic hydroxyl groups is 2. The molecule has 2 aliphatic carbocycles. The van der Waals surface area contributed by atoms with Crippen molar-refractivity contribution in [1.82, 2.24) is 0 Å². The summed E-state index contributed by atoms with van der Waals surface area (Å²) in [6, 6.07) is 3.29. The predicted octanol–water partition coefficient (Wildman–Crippen LogP) is 2.13. The normalized spacial score (nSPS) is 36.2. The second-order valence-corrected chi connectivity index (χ2v) is 7.71. The van der Waals surface area contributed by atoms with Crippen LogP contribution in [0.5, 0.6) is 5.75 Å². The molecule has 1 amide bonds. The fraction of sp³-hybridized carbons (Fsp3) is 0.632. The highest BCUT2D eigenvalue weighted by Crippen LogP contribution is 2.59. The maximum Gasteiger partial charge on any atom is 0.252 e. The largest absolute Gasteiger partial charge is 0.507 e. The molecule has 1 aromatic rings. The smallest absolute Gasteiger partial charge is 0.252 e. The van der Waals surface area contributed by atoms with Gasteiger partial charge in [0.25, 0.3) is 5.91 Å². The molecule has 24 heavy (non-hydrogen) atoms. The van der Waals surface area contributed by atoms with Crippen molar-refractivity contribution in [2.24, 2.45) is 11.7 Å². The fourth-order valence-corrected chi connectivity index (χ4v) is 5.23. The van der Waals surface area contributed by atoms with Crippen LogP contribution in [0.2, 0.25) is 0 Å². The van der Waals surface area contributed by atoms with E-state index in [0.717, 1.165) is 18.4 Å². The van der Waals surface area contributed by atoms with Crippen LogP contribution in [0.4, 0.5) is 0 Å². The van der Waals surface area contributed by atoms with Gasteiger partial charge in [0.05, 0.1) is 17.3 Å². The molecule has 0 bridgehead atoms. The minimum atomic E-state index is -0.997. The molecule has 1 aromatic carbocycles. The molecule has 0 saturated heterocycles. The molecule has 4 atom stereocenters. The number of rotatable bonds is 2. The second kappa shape index (κ2) is 5.74. The van der Waals surface area contributed by atoms with Gasteiger partial charge in [-0.25, -0.2) is 0 Å². The lowest BCUT2D eigenvalue weighted by atomic mass is 9.49. The standard InChI is InChI=1S/C19H27NO4/c1-11-5-6-14(17(20)23)16(22)15(11)18-8-3-4-12(2)19(18,24)9-7-13(21)10-18/h5-6,12-13,21-22,24H,3-4,7-10H2,1-2H3,(H2,20,23)/t12-,13+,18+,19+/m0/s1.